The lowest BCUT2D eigenvalue weighted by molar-refractivity contribution is -0.130. The minimum Gasteiger partial charge on any atom is -0.343 e. The number of amides is 1. The van der Waals surface area contributed by atoms with Crippen molar-refractivity contribution < 1.29 is 4.79 Å². The van der Waals surface area contributed by atoms with Crippen LogP contribution < -0.4 is 5.32 Å². The fourth-order valence-corrected chi connectivity index (χ4v) is 4.11. The zero-order chi connectivity index (χ0) is 14.8. The zero-order valence-electron chi connectivity index (χ0n) is 12.6. The number of benzene rings is 1. The van der Waals surface area contributed by atoms with E-state index in [4.69, 9.17) is 0 Å². The molecule has 2 atom stereocenters. The first-order valence-corrected chi connectivity index (χ1v) is 8.47. The highest BCUT2D eigenvalue weighted by atomic mass is 32.1. The summed E-state index contributed by atoms with van der Waals surface area (Å²) in [4.78, 5) is 13.4. The predicted octanol–water partition coefficient (Wildman–Crippen LogP) is 3.25. The summed E-state index contributed by atoms with van der Waals surface area (Å²) >= 11 is 1.81. The molecule has 0 spiro atoms. The standard InChI is InChI=1S/C17H22N2OS/c1-12-10-19(13(2)20)8-7-16(12)18-9-14-11-21-17-6-4-3-5-15(14)17/h3-6,11-12,16,18H,7-10H2,1-2H3/t12-,16+/m0/s1. The van der Waals surface area contributed by atoms with E-state index in [0.29, 0.717) is 12.0 Å². The Labute approximate surface area is 130 Å². The lowest BCUT2D eigenvalue weighted by Gasteiger charge is -2.37. The maximum atomic E-state index is 11.4. The molecule has 0 unspecified atom stereocenters. The number of likely N-dealkylation sites (tertiary alicyclic amines) is 1. The molecule has 1 aliphatic heterocycles. The fraction of sp³-hybridized carbons (Fsp3) is 0.471. The number of nitrogens with one attached hydrogen (secondary N) is 1. The Kier molecular flexibility index (Phi) is 4.27. The molecule has 0 aliphatic carbocycles. The average Bonchev–Trinajstić information content (AvgIpc) is 2.89. The van der Waals surface area contributed by atoms with Gasteiger partial charge in [0, 0.05) is 37.3 Å². The molecule has 0 radical (unpaired) electrons. The second-order valence-corrected chi connectivity index (χ2v) is 6.89. The van der Waals surface area contributed by atoms with Gasteiger partial charge in [-0.3, -0.25) is 4.79 Å². The number of fused-ring (bicyclic) bond motifs is 1. The molecule has 3 rings (SSSR count). The molecule has 4 heteroatoms. The Bertz CT molecular complexity index is 637. The first-order valence-electron chi connectivity index (χ1n) is 7.59. The van der Waals surface area contributed by atoms with Gasteiger partial charge in [-0.25, -0.2) is 0 Å². The van der Waals surface area contributed by atoms with Gasteiger partial charge in [0.2, 0.25) is 5.91 Å². The van der Waals surface area contributed by atoms with Crippen LogP contribution in [0, 0.1) is 5.92 Å². The SMILES string of the molecule is CC(=O)N1CC[C@@H](NCc2csc3ccccc23)[C@@H](C)C1. The molecule has 21 heavy (non-hydrogen) atoms. The van der Waals surface area contributed by atoms with Crippen molar-refractivity contribution in [2.45, 2.75) is 32.9 Å². The molecule has 1 amide bonds. The minimum atomic E-state index is 0.198. The quantitative estimate of drug-likeness (QED) is 0.944. The molecule has 0 bridgehead atoms. The molecule has 1 saturated heterocycles. The van der Waals surface area contributed by atoms with Gasteiger partial charge in [-0.1, -0.05) is 25.1 Å². The molecular weight excluding hydrogens is 280 g/mol. The molecule has 2 heterocycles. The van der Waals surface area contributed by atoms with Gasteiger partial charge in [0.1, 0.15) is 0 Å². The summed E-state index contributed by atoms with van der Waals surface area (Å²) in [5.74, 6) is 0.705. The second kappa shape index (κ2) is 6.16. The van der Waals surface area contributed by atoms with E-state index in [-0.39, 0.29) is 5.91 Å². The molecule has 3 nitrogen and oxygen atoms in total. The van der Waals surface area contributed by atoms with E-state index in [9.17, 15) is 4.79 Å². The van der Waals surface area contributed by atoms with Crippen LogP contribution in [0.25, 0.3) is 10.1 Å². The van der Waals surface area contributed by atoms with E-state index in [1.54, 1.807) is 6.92 Å². The number of carbonyl (C=O) groups excluding carboxylic acids is 1. The monoisotopic (exact) mass is 302 g/mol. The molecule has 1 fully saturated rings. The Morgan fingerprint density at radius 2 is 2.24 bits per heavy atom. The minimum absolute atomic E-state index is 0.198. The van der Waals surface area contributed by atoms with E-state index in [1.807, 2.05) is 16.2 Å². The van der Waals surface area contributed by atoms with Crippen LogP contribution in [0.3, 0.4) is 0 Å². The fourth-order valence-electron chi connectivity index (χ4n) is 3.15. The van der Waals surface area contributed by atoms with Crippen LogP contribution in [0.1, 0.15) is 25.8 Å². The topological polar surface area (TPSA) is 32.3 Å². The zero-order valence-corrected chi connectivity index (χ0v) is 13.5. The van der Waals surface area contributed by atoms with Crippen LogP contribution in [0.5, 0.6) is 0 Å². The highest BCUT2D eigenvalue weighted by molar-refractivity contribution is 7.17. The van der Waals surface area contributed by atoms with Gasteiger partial charge < -0.3 is 10.2 Å². The average molecular weight is 302 g/mol. The first kappa shape index (κ1) is 14.5. The summed E-state index contributed by atoms with van der Waals surface area (Å²) < 4.78 is 1.36. The number of piperidine rings is 1. The van der Waals surface area contributed by atoms with Crippen LogP contribution in [0.2, 0.25) is 0 Å². The van der Waals surface area contributed by atoms with Crippen molar-refractivity contribution in [1.29, 1.82) is 0 Å². The van der Waals surface area contributed by atoms with Crippen molar-refractivity contribution in [2.24, 2.45) is 5.92 Å². The van der Waals surface area contributed by atoms with Crippen molar-refractivity contribution >= 4 is 27.3 Å². The van der Waals surface area contributed by atoms with Gasteiger partial charge in [-0.15, -0.1) is 11.3 Å². The molecule has 1 aromatic carbocycles. The summed E-state index contributed by atoms with van der Waals surface area (Å²) in [6, 6.07) is 9.07. The van der Waals surface area contributed by atoms with Gasteiger partial charge in [-0.05, 0) is 34.7 Å². The van der Waals surface area contributed by atoms with Crippen LogP contribution in [0.15, 0.2) is 29.6 Å². The third-order valence-corrected chi connectivity index (χ3v) is 5.48. The second-order valence-electron chi connectivity index (χ2n) is 5.98. The van der Waals surface area contributed by atoms with Gasteiger partial charge >= 0.3 is 0 Å². The van der Waals surface area contributed by atoms with Gasteiger partial charge in [0.05, 0.1) is 0 Å². The summed E-state index contributed by atoms with van der Waals surface area (Å²) in [7, 11) is 0. The lowest BCUT2D eigenvalue weighted by atomic mass is 9.93. The van der Waals surface area contributed by atoms with Crippen molar-refractivity contribution in [1.82, 2.24) is 10.2 Å². The van der Waals surface area contributed by atoms with E-state index in [0.717, 1.165) is 26.1 Å². The van der Waals surface area contributed by atoms with Crippen LogP contribution >= 0.6 is 11.3 Å². The van der Waals surface area contributed by atoms with E-state index in [1.165, 1.54) is 15.6 Å². The lowest BCUT2D eigenvalue weighted by Crippen LogP contribution is -2.49. The predicted molar refractivity (Wildman–Crippen MR) is 88.5 cm³/mol. The first-order chi connectivity index (χ1) is 10.1. The van der Waals surface area contributed by atoms with Gasteiger partial charge in [0.15, 0.2) is 0 Å². The molecular formula is C17H22N2OS. The van der Waals surface area contributed by atoms with E-state index >= 15 is 0 Å². The van der Waals surface area contributed by atoms with Crippen molar-refractivity contribution in [3.05, 3.63) is 35.2 Å². The van der Waals surface area contributed by atoms with E-state index in [2.05, 4.69) is 41.9 Å². The maximum Gasteiger partial charge on any atom is 0.219 e. The maximum absolute atomic E-state index is 11.4. The molecule has 2 aromatic rings. The Hall–Kier alpha value is -1.39. The normalized spacial score (nSPS) is 22.7. The highest BCUT2D eigenvalue weighted by Gasteiger charge is 2.26. The van der Waals surface area contributed by atoms with E-state index < -0.39 is 0 Å². The molecule has 112 valence electrons. The Morgan fingerprint density at radius 3 is 3.00 bits per heavy atom. The molecule has 0 saturated carbocycles. The van der Waals surface area contributed by atoms with Crippen LogP contribution in [0.4, 0.5) is 0 Å². The summed E-state index contributed by atoms with van der Waals surface area (Å²) in [5, 5.41) is 7.32. The Balaban J connectivity index is 1.62. The number of nitrogens with zero attached hydrogens (tertiary/aromatic N) is 1. The molecule has 1 aromatic heterocycles. The molecule has 1 aliphatic rings. The number of rotatable bonds is 3. The summed E-state index contributed by atoms with van der Waals surface area (Å²) in [6.45, 7) is 6.56. The number of thiophene rings is 1. The third kappa shape index (κ3) is 3.11. The summed E-state index contributed by atoms with van der Waals surface area (Å²) in [5.41, 5.74) is 1.39. The Morgan fingerprint density at radius 1 is 1.43 bits per heavy atom. The van der Waals surface area contributed by atoms with Crippen LogP contribution in [-0.4, -0.2) is 29.9 Å². The van der Waals surface area contributed by atoms with Gasteiger partial charge in [0.25, 0.3) is 0 Å². The van der Waals surface area contributed by atoms with Gasteiger partial charge in [-0.2, -0.15) is 0 Å². The number of hydrogen-bond acceptors (Lipinski definition) is 3. The van der Waals surface area contributed by atoms with Crippen molar-refractivity contribution in [2.75, 3.05) is 13.1 Å². The summed E-state index contributed by atoms with van der Waals surface area (Å²) in [6.07, 6.45) is 1.04. The van der Waals surface area contributed by atoms with Crippen molar-refractivity contribution in [3.8, 4) is 0 Å². The molecule has 1 N–H and O–H groups in total. The van der Waals surface area contributed by atoms with Crippen LogP contribution in [-0.2, 0) is 11.3 Å². The largest absolute Gasteiger partial charge is 0.343 e. The highest BCUT2D eigenvalue weighted by Crippen LogP contribution is 2.26. The third-order valence-electron chi connectivity index (χ3n) is 4.47. The smallest absolute Gasteiger partial charge is 0.219 e. The number of hydrogen-bond donors (Lipinski definition) is 1. The number of carbonyl (C=O) groups is 1. The van der Waals surface area contributed by atoms with Crippen molar-refractivity contribution in [3.63, 3.8) is 0 Å².